The number of rotatable bonds is 5. The number of hydrogen-bond acceptors (Lipinski definition) is 4. The molecule has 1 unspecified atom stereocenters. The lowest BCUT2D eigenvalue weighted by Crippen LogP contribution is -2.69. The maximum absolute atomic E-state index is 12.0. The number of aldehydes is 1. The zero-order valence-electron chi connectivity index (χ0n) is 9.41. The molecular weight excluding hydrogens is 222 g/mol. The Labute approximate surface area is 99.4 Å². The van der Waals surface area contributed by atoms with Crippen LogP contribution >= 0.6 is 0 Å². The highest BCUT2D eigenvalue weighted by Gasteiger charge is 2.50. The van der Waals surface area contributed by atoms with E-state index in [1.165, 1.54) is 0 Å². The number of carbonyl (C=O) groups excluding carboxylic acids is 1. The average Bonchev–Trinajstić information content (AvgIpc) is 2.34. The summed E-state index contributed by atoms with van der Waals surface area (Å²) in [7, 11) is 0. The standard InChI is InChI=1S/C12H15NO4/c14-10-12(15,13(16)7-4-8-13)17-9-11-5-2-1-3-6-11/h1-3,5-6,10,15H,4,7-9H2. The molecule has 1 N–H and O–H groups in total. The summed E-state index contributed by atoms with van der Waals surface area (Å²) >= 11 is 0. The minimum atomic E-state index is -2.27. The van der Waals surface area contributed by atoms with Crippen molar-refractivity contribution in [2.75, 3.05) is 13.1 Å². The van der Waals surface area contributed by atoms with Crippen LogP contribution in [0.15, 0.2) is 30.3 Å². The molecule has 5 nitrogen and oxygen atoms in total. The van der Waals surface area contributed by atoms with E-state index in [9.17, 15) is 15.1 Å². The van der Waals surface area contributed by atoms with Crippen LogP contribution in [0.4, 0.5) is 0 Å². The van der Waals surface area contributed by atoms with Crippen LogP contribution < -0.4 is 0 Å². The molecule has 0 aromatic heterocycles. The lowest BCUT2D eigenvalue weighted by Gasteiger charge is -2.55. The van der Waals surface area contributed by atoms with Gasteiger partial charge in [0, 0.05) is 6.42 Å². The summed E-state index contributed by atoms with van der Waals surface area (Å²) < 4.78 is 4.12. The number of quaternary nitrogens is 1. The fourth-order valence-corrected chi connectivity index (χ4v) is 1.78. The lowest BCUT2D eigenvalue weighted by molar-refractivity contribution is -1.00. The van der Waals surface area contributed by atoms with Crippen molar-refractivity contribution in [3.05, 3.63) is 41.1 Å². The topological polar surface area (TPSA) is 69.6 Å². The zero-order valence-corrected chi connectivity index (χ0v) is 9.41. The number of carbonyl (C=O) groups is 1. The smallest absolute Gasteiger partial charge is 0.376 e. The van der Waals surface area contributed by atoms with Crippen molar-refractivity contribution in [3.63, 3.8) is 0 Å². The molecule has 2 rings (SSSR count). The zero-order chi connectivity index (χ0) is 12.4. The molecule has 0 saturated carbocycles. The molecule has 5 heteroatoms. The first-order valence-electron chi connectivity index (χ1n) is 5.54. The van der Waals surface area contributed by atoms with Crippen molar-refractivity contribution < 1.29 is 19.3 Å². The maximum Gasteiger partial charge on any atom is 0.376 e. The number of hydrogen-bond donors (Lipinski definition) is 1. The highest BCUT2D eigenvalue weighted by Crippen LogP contribution is 2.30. The molecule has 1 aliphatic heterocycles. The Morgan fingerprint density at radius 1 is 1.41 bits per heavy atom. The lowest BCUT2D eigenvalue weighted by atomic mass is 10.2. The third-order valence-electron chi connectivity index (χ3n) is 3.07. The van der Waals surface area contributed by atoms with Gasteiger partial charge in [0.1, 0.15) is 0 Å². The van der Waals surface area contributed by atoms with E-state index in [1.54, 1.807) is 12.1 Å². The van der Waals surface area contributed by atoms with E-state index in [1.807, 2.05) is 18.2 Å². The van der Waals surface area contributed by atoms with Crippen molar-refractivity contribution in [2.24, 2.45) is 0 Å². The Bertz CT molecular complexity index is 391. The molecule has 0 amide bonds. The Morgan fingerprint density at radius 3 is 2.53 bits per heavy atom. The minimum absolute atomic E-state index is 0.0400. The molecule has 17 heavy (non-hydrogen) atoms. The molecule has 0 bridgehead atoms. The molecule has 0 spiro atoms. The molecule has 1 atom stereocenters. The third kappa shape index (κ3) is 2.23. The van der Waals surface area contributed by atoms with Gasteiger partial charge in [0.2, 0.25) is 6.29 Å². The van der Waals surface area contributed by atoms with Gasteiger partial charge in [-0.25, -0.2) is 0 Å². The predicted octanol–water partition coefficient (Wildman–Crippen LogP) is 0.766. The van der Waals surface area contributed by atoms with Crippen LogP contribution in [0.5, 0.6) is 0 Å². The van der Waals surface area contributed by atoms with Crippen LogP contribution in [0.25, 0.3) is 0 Å². The second-order valence-electron chi connectivity index (χ2n) is 4.24. The van der Waals surface area contributed by atoms with Crippen LogP contribution in [0.1, 0.15) is 12.0 Å². The van der Waals surface area contributed by atoms with Crippen LogP contribution in [0.2, 0.25) is 0 Å². The predicted molar refractivity (Wildman–Crippen MR) is 60.2 cm³/mol. The molecule has 0 aliphatic carbocycles. The molecule has 1 saturated heterocycles. The first-order chi connectivity index (χ1) is 8.10. The monoisotopic (exact) mass is 237 g/mol. The van der Waals surface area contributed by atoms with Gasteiger partial charge in [-0.1, -0.05) is 30.3 Å². The molecule has 1 aromatic carbocycles. The second-order valence-corrected chi connectivity index (χ2v) is 4.24. The van der Waals surface area contributed by atoms with Gasteiger partial charge in [0.25, 0.3) is 0 Å². The number of nitrogens with zero attached hydrogens (tertiary/aromatic N) is 1. The first-order valence-corrected chi connectivity index (χ1v) is 5.54. The van der Waals surface area contributed by atoms with Crippen molar-refractivity contribution in [2.45, 2.75) is 18.9 Å². The van der Waals surface area contributed by atoms with E-state index in [0.717, 1.165) is 5.56 Å². The fraction of sp³-hybridized carbons (Fsp3) is 0.417. The number of ether oxygens (including phenoxy) is 1. The normalized spacial score (nSPS) is 21.3. The quantitative estimate of drug-likeness (QED) is 0.355. The van der Waals surface area contributed by atoms with Crippen molar-refractivity contribution in [1.29, 1.82) is 0 Å². The van der Waals surface area contributed by atoms with Gasteiger partial charge >= 0.3 is 5.91 Å². The van der Waals surface area contributed by atoms with Gasteiger partial charge in [-0.15, -0.1) is 0 Å². The SMILES string of the molecule is O=CC(O)(OCc1ccccc1)[N+]1([O-])CCC1. The molecule has 1 heterocycles. The van der Waals surface area contributed by atoms with E-state index >= 15 is 0 Å². The minimum Gasteiger partial charge on any atom is -0.628 e. The summed E-state index contributed by atoms with van der Waals surface area (Å²) in [4.78, 5) is 10.9. The average molecular weight is 237 g/mol. The van der Waals surface area contributed by atoms with E-state index in [-0.39, 0.29) is 26.0 Å². The molecular formula is C12H15NO4. The van der Waals surface area contributed by atoms with Gasteiger partial charge in [-0.05, 0) is 5.56 Å². The summed E-state index contributed by atoms with van der Waals surface area (Å²) in [6, 6.07) is 9.10. The van der Waals surface area contributed by atoms with Crippen LogP contribution in [0, 0.1) is 5.21 Å². The Balaban J connectivity index is 2.03. The number of hydroxylamine groups is 3. The summed E-state index contributed by atoms with van der Waals surface area (Å²) in [5, 5.41) is 21.9. The van der Waals surface area contributed by atoms with Crippen LogP contribution in [0.3, 0.4) is 0 Å². The van der Waals surface area contributed by atoms with Crippen molar-refractivity contribution >= 4 is 6.29 Å². The molecule has 0 radical (unpaired) electrons. The van der Waals surface area contributed by atoms with Gasteiger partial charge in [-0.3, -0.25) is 9.53 Å². The molecule has 92 valence electrons. The summed E-state index contributed by atoms with van der Waals surface area (Å²) in [6.07, 6.45) is 0.899. The van der Waals surface area contributed by atoms with Crippen LogP contribution in [-0.4, -0.2) is 35.0 Å². The first kappa shape index (κ1) is 12.2. The summed E-state index contributed by atoms with van der Waals surface area (Å²) in [6.45, 7) is 0.465. The third-order valence-corrected chi connectivity index (χ3v) is 3.07. The Morgan fingerprint density at radius 2 is 2.06 bits per heavy atom. The van der Waals surface area contributed by atoms with E-state index < -0.39 is 10.6 Å². The second kappa shape index (κ2) is 4.54. The Kier molecular flexibility index (Phi) is 3.26. The maximum atomic E-state index is 12.0. The van der Waals surface area contributed by atoms with Gasteiger partial charge < -0.3 is 15.0 Å². The molecule has 1 aromatic rings. The Hall–Kier alpha value is -1.27. The number of benzene rings is 1. The number of aliphatic hydroxyl groups is 1. The van der Waals surface area contributed by atoms with E-state index in [0.29, 0.717) is 6.42 Å². The molecule has 1 fully saturated rings. The van der Waals surface area contributed by atoms with Crippen molar-refractivity contribution in [1.82, 2.24) is 0 Å². The van der Waals surface area contributed by atoms with Gasteiger partial charge in [0.15, 0.2) is 0 Å². The fourth-order valence-electron chi connectivity index (χ4n) is 1.78. The summed E-state index contributed by atoms with van der Waals surface area (Å²) in [5.74, 6) is -2.27. The van der Waals surface area contributed by atoms with Crippen LogP contribution in [-0.2, 0) is 16.1 Å². The van der Waals surface area contributed by atoms with Gasteiger partial charge in [-0.2, -0.15) is 0 Å². The number of likely N-dealkylation sites (tertiary alicyclic amines) is 1. The summed E-state index contributed by atoms with van der Waals surface area (Å²) in [5.41, 5.74) is 0.805. The van der Waals surface area contributed by atoms with E-state index in [4.69, 9.17) is 4.74 Å². The highest BCUT2D eigenvalue weighted by atomic mass is 16.7. The highest BCUT2D eigenvalue weighted by molar-refractivity contribution is 5.57. The van der Waals surface area contributed by atoms with Crippen molar-refractivity contribution in [3.8, 4) is 0 Å². The van der Waals surface area contributed by atoms with E-state index in [2.05, 4.69) is 0 Å². The largest absolute Gasteiger partial charge is 0.628 e. The van der Waals surface area contributed by atoms with Gasteiger partial charge in [0.05, 0.1) is 19.7 Å². The molecule has 1 aliphatic rings.